The van der Waals surface area contributed by atoms with Gasteiger partial charge in [-0.3, -0.25) is 4.79 Å². The molecule has 5 heteroatoms. The molecule has 0 radical (unpaired) electrons. The van der Waals surface area contributed by atoms with Crippen molar-refractivity contribution in [1.82, 2.24) is 10.6 Å². The zero-order chi connectivity index (χ0) is 11.1. The lowest BCUT2D eigenvalue weighted by atomic mass is 10.0. The van der Waals surface area contributed by atoms with Crippen LogP contribution in [-0.2, 0) is 14.3 Å². The fraction of sp³-hybridized carbons (Fsp3) is 0.900. The van der Waals surface area contributed by atoms with Crippen LogP contribution in [0.2, 0.25) is 0 Å². The third-order valence-corrected chi connectivity index (χ3v) is 2.32. The summed E-state index contributed by atoms with van der Waals surface area (Å²) in [6.45, 7) is 7.47. The molecule has 1 amide bonds. The van der Waals surface area contributed by atoms with Crippen molar-refractivity contribution in [2.45, 2.75) is 19.4 Å². The lowest BCUT2D eigenvalue weighted by Gasteiger charge is -2.38. The van der Waals surface area contributed by atoms with Gasteiger partial charge in [-0.25, -0.2) is 0 Å². The van der Waals surface area contributed by atoms with Crippen molar-refractivity contribution in [3.05, 3.63) is 0 Å². The van der Waals surface area contributed by atoms with Gasteiger partial charge >= 0.3 is 0 Å². The van der Waals surface area contributed by atoms with Crippen molar-refractivity contribution >= 4 is 5.91 Å². The van der Waals surface area contributed by atoms with Gasteiger partial charge in [0.1, 0.15) is 6.61 Å². The Morgan fingerprint density at radius 3 is 2.80 bits per heavy atom. The average molecular weight is 216 g/mol. The summed E-state index contributed by atoms with van der Waals surface area (Å²) in [6, 6.07) is 0. The van der Waals surface area contributed by atoms with Gasteiger partial charge in [-0.2, -0.15) is 0 Å². The van der Waals surface area contributed by atoms with E-state index < -0.39 is 0 Å². The standard InChI is InChI=1S/C10H20N2O3/c1-3-14-5-4-12-9(13)6-15-10(2)7-11-8-10/h11H,3-8H2,1-2H3,(H,12,13). The Balaban J connectivity index is 1.98. The quantitative estimate of drug-likeness (QED) is 0.564. The van der Waals surface area contributed by atoms with E-state index in [-0.39, 0.29) is 18.1 Å². The topological polar surface area (TPSA) is 59.6 Å². The molecule has 0 saturated carbocycles. The first kappa shape index (κ1) is 12.4. The molecule has 0 aromatic heterocycles. The molecule has 0 aromatic carbocycles. The number of hydrogen-bond donors (Lipinski definition) is 2. The van der Waals surface area contributed by atoms with Gasteiger partial charge in [0.25, 0.3) is 0 Å². The number of carbonyl (C=O) groups is 1. The normalized spacial score (nSPS) is 18.3. The van der Waals surface area contributed by atoms with Crippen LogP contribution in [-0.4, -0.2) is 51.0 Å². The molecule has 0 bridgehead atoms. The molecule has 1 saturated heterocycles. The average Bonchev–Trinajstić information content (AvgIpc) is 2.19. The molecular weight excluding hydrogens is 196 g/mol. The summed E-state index contributed by atoms with van der Waals surface area (Å²) in [5, 5.41) is 5.84. The van der Waals surface area contributed by atoms with E-state index in [4.69, 9.17) is 9.47 Å². The smallest absolute Gasteiger partial charge is 0.246 e. The molecule has 0 aliphatic carbocycles. The van der Waals surface area contributed by atoms with Crippen molar-refractivity contribution in [2.75, 3.05) is 39.5 Å². The largest absolute Gasteiger partial charge is 0.380 e. The maximum atomic E-state index is 11.3. The highest BCUT2D eigenvalue weighted by Gasteiger charge is 2.32. The Bertz CT molecular complexity index is 205. The molecule has 5 nitrogen and oxygen atoms in total. The van der Waals surface area contributed by atoms with Gasteiger partial charge in [0.2, 0.25) is 5.91 Å². The fourth-order valence-electron chi connectivity index (χ4n) is 1.28. The molecule has 15 heavy (non-hydrogen) atoms. The summed E-state index contributed by atoms with van der Waals surface area (Å²) < 4.78 is 10.6. The van der Waals surface area contributed by atoms with E-state index in [1.165, 1.54) is 0 Å². The minimum Gasteiger partial charge on any atom is -0.380 e. The first-order chi connectivity index (χ1) is 7.16. The Morgan fingerprint density at radius 1 is 1.53 bits per heavy atom. The number of rotatable bonds is 7. The molecule has 0 spiro atoms. The minimum absolute atomic E-state index is 0.0807. The molecule has 1 heterocycles. The van der Waals surface area contributed by atoms with E-state index in [9.17, 15) is 4.79 Å². The predicted molar refractivity (Wildman–Crippen MR) is 56.7 cm³/mol. The first-order valence-electron chi connectivity index (χ1n) is 5.35. The van der Waals surface area contributed by atoms with E-state index in [0.29, 0.717) is 19.8 Å². The molecule has 1 rings (SSSR count). The van der Waals surface area contributed by atoms with Crippen LogP contribution in [0.15, 0.2) is 0 Å². The lowest BCUT2D eigenvalue weighted by molar-refractivity contribution is -0.136. The fourth-order valence-corrected chi connectivity index (χ4v) is 1.28. The molecule has 2 N–H and O–H groups in total. The summed E-state index contributed by atoms with van der Waals surface area (Å²) >= 11 is 0. The minimum atomic E-state index is -0.155. The lowest BCUT2D eigenvalue weighted by Crippen LogP contribution is -2.59. The number of nitrogens with one attached hydrogen (secondary N) is 2. The van der Waals surface area contributed by atoms with E-state index in [1.807, 2.05) is 13.8 Å². The van der Waals surface area contributed by atoms with Crippen LogP contribution >= 0.6 is 0 Å². The number of hydrogen-bond acceptors (Lipinski definition) is 4. The van der Waals surface area contributed by atoms with Gasteiger partial charge < -0.3 is 20.1 Å². The van der Waals surface area contributed by atoms with Crippen molar-refractivity contribution in [3.8, 4) is 0 Å². The van der Waals surface area contributed by atoms with Gasteiger partial charge in [0, 0.05) is 26.2 Å². The first-order valence-corrected chi connectivity index (χ1v) is 5.35. The van der Waals surface area contributed by atoms with Gasteiger partial charge in [0.15, 0.2) is 0 Å². The molecule has 1 aliphatic heterocycles. The molecular formula is C10H20N2O3. The van der Waals surface area contributed by atoms with Crippen molar-refractivity contribution in [1.29, 1.82) is 0 Å². The highest BCUT2D eigenvalue weighted by molar-refractivity contribution is 5.77. The van der Waals surface area contributed by atoms with Crippen LogP contribution < -0.4 is 10.6 Å². The van der Waals surface area contributed by atoms with Crippen LogP contribution in [0.3, 0.4) is 0 Å². The van der Waals surface area contributed by atoms with Crippen molar-refractivity contribution < 1.29 is 14.3 Å². The Morgan fingerprint density at radius 2 is 2.27 bits per heavy atom. The second-order valence-electron chi connectivity index (χ2n) is 3.89. The van der Waals surface area contributed by atoms with Crippen LogP contribution in [0.25, 0.3) is 0 Å². The maximum absolute atomic E-state index is 11.3. The van der Waals surface area contributed by atoms with E-state index in [2.05, 4.69) is 10.6 Å². The maximum Gasteiger partial charge on any atom is 0.246 e. The monoisotopic (exact) mass is 216 g/mol. The second kappa shape index (κ2) is 6.05. The summed E-state index contributed by atoms with van der Waals surface area (Å²) in [5.41, 5.74) is -0.155. The summed E-state index contributed by atoms with van der Waals surface area (Å²) in [5.74, 6) is -0.0807. The second-order valence-corrected chi connectivity index (χ2v) is 3.89. The Hall–Kier alpha value is -0.650. The number of ether oxygens (including phenoxy) is 2. The van der Waals surface area contributed by atoms with E-state index >= 15 is 0 Å². The zero-order valence-electron chi connectivity index (χ0n) is 9.47. The molecule has 1 aliphatic rings. The molecule has 1 fully saturated rings. The molecule has 0 unspecified atom stereocenters. The van der Waals surface area contributed by atoms with Gasteiger partial charge in [-0.15, -0.1) is 0 Å². The predicted octanol–water partition coefficient (Wildman–Crippen LogP) is -0.482. The van der Waals surface area contributed by atoms with Crippen molar-refractivity contribution in [2.24, 2.45) is 0 Å². The van der Waals surface area contributed by atoms with Crippen LogP contribution in [0.4, 0.5) is 0 Å². The highest BCUT2D eigenvalue weighted by Crippen LogP contribution is 2.14. The summed E-state index contributed by atoms with van der Waals surface area (Å²) in [6.07, 6.45) is 0. The van der Waals surface area contributed by atoms with Gasteiger partial charge in [-0.05, 0) is 13.8 Å². The third kappa shape index (κ3) is 4.59. The van der Waals surface area contributed by atoms with E-state index in [0.717, 1.165) is 13.1 Å². The van der Waals surface area contributed by atoms with Crippen LogP contribution in [0.5, 0.6) is 0 Å². The zero-order valence-corrected chi connectivity index (χ0v) is 9.47. The summed E-state index contributed by atoms with van der Waals surface area (Å²) in [7, 11) is 0. The summed E-state index contributed by atoms with van der Waals surface area (Å²) in [4.78, 5) is 11.3. The highest BCUT2D eigenvalue weighted by atomic mass is 16.5. The molecule has 88 valence electrons. The SMILES string of the molecule is CCOCCNC(=O)COC1(C)CNC1. The van der Waals surface area contributed by atoms with Gasteiger partial charge in [0.05, 0.1) is 12.2 Å². The Labute approximate surface area is 90.5 Å². The van der Waals surface area contributed by atoms with Crippen LogP contribution in [0.1, 0.15) is 13.8 Å². The molecule has 0 atom stereocenters. The van der Waals surface area contributed by atoms with Gasteiger partial charge in [-0.1, -0.05) is 0 Å². The number of amides is 1. The van der Waals surface area contributed by atoms with E-state index in [1.54, 1.807) is 0 Å². The van der Waals surface area contributed by atoms with Crippen LogP contribution in [0, 0.1) is 0 Å². The molecule has 0 aromatic rings. The third-order valence-electron chi connectivity index (χ3n) is 2.32. The Kier molecular flexibility index (Phi) is 5.01. The number of carbonyl (C=O) groups excluding carboxylic acids is 1. The van der Waals surface area contributed by atoms with Crippen molar-refractivity contribution in [3.63, 3.8) is 0 Å².